The van der Waals surface area contributed by atoms with Gasteiger partial charge >= 0.3 is 6.09 Å². The lowest BCUT2D eigenvalue weighted by molar-refractivity contribution is -0.132. The number of carbonyl (C=O) groups is 3. The highest BCUT2D eigenvalue weighted by molar-refractivity contribution is 5.91. The molecule has 31 heavy (non-hydrogen) atoms. The Labute approximate surface area is 182 Å². The molecule has 1 saturated heterocycles. The minimum absolute atomic E-state index is 0.120. The minimum Gasteiger partial charge on any atom is -0.449 e. The van der Waals surface area contributed by atoms with Crippen LogP contribution in [0, 0.1) is 11.3 Å². The number of nitrogens with two attached hydrogens (primary N) is 1. The summed E-state index contributed by atoms with van der Waals surface area (Å²) in [5.41, 5.74) is 5.62. The normalized spacial score (nSPS) is 20.5. The molecule has 0 saturated carbocycles. The monoisotopic (exact) mass is 444 g/mol. The van der Waals surface area contributed by atoms with Crippen molar-refractivity contribution in [3.05, 3.63) is 0 Å². The van der Waals surface area contributed by atoms with Crippen LogP contribution in [-0.2, 0) is 19.1 Å². The maximum atomic E-state index is 12.6. The Morgan fingerprint density at radius 1 is 1.23 bits per heavy atom. The van der Waals surface area contributed by atoms with Crippen molar-refractivity contribution in [2.75, 3.05) is 26.4 Å². The topological polar surface area (TPSA) is 179 Å². The van der Waals surface area contributed by atoms with E-state index in [0.717, 1.165) is 0 Å². The van der Waals surface area contributed by atoms with Crippen molar-refractivity contribution < 1.29 is 29.0 Å². The molecule has 0 bridgehead atoms. The Hall–Kier alpha value is -2.60. The van der Waals surface area contributed by atoms with Crippen LogP contribution in [0.2, 0.25) is 0 Å². The van der Waals surface area contributed by atoms with Crippen LogP contribution >= 0.6 is 0 Å². The quantitative estimate of drug-likeness (QED) is 0.185. The van der Waals surface area contributed by atoms with E-state index in [1.165, 1.54) is 6.92 Å². The van der Waals surface area contributed by atoms with E-state index in [4.69, 9.17) is 20.6 Å². The van der Waals surface area contributed by atoms with Gasteiger partial charge in [0.05, 0.1) is 19.3 Å². The standard InChI is InChI=1S/C19H36N6O6/c1-5-30-17-13(7-6-8-25(17)18(20)21)23-15(27)12(4)22-16(28)14(9-26)24-19(29)31-10-11(2)3/h11-14,17,26H,5-10H2,1-4H3,(H3,20,21)(H,22,28)(H,23,27)(H,24,29)/t12-,13?,14+,17?/m0/s1. The molecular weight excluding hydrogens is 408 g/mol. The first-order valence-corrected chi connectivity index (χ1v) is 10.5. The Bertz CT molecular complexity index is 631. The number of piperidine rings is 1. The molecule has 0 spiro atoms. The van der Waals surface area contributed by atoms with Crippen molar-refractivity contribution in [1.29, 1.82) is 5.41 Å². The molecule has 0 aromatic heterocycles. The number of carbonyl (C=O) groups excluding carboxylic acids is 3. The van der Waals surface area contributed by atoms with Crippen molar-refractivity contribution in [1.82, 2.24) is 20.9 Å². The summed E-state index contributed by atoms with van der Waals surface area (Å²) in [5.74, 6) is -1.20. The molecule has 1 heterocycles. The van der Waals surface area contributed by atoms with Gasteiger partial charge in [0.2, 0.25) is 11.8 Å². The SMILES string of the molecule is CCOC1C(NC(=O)[C@H](C)NC(=O)[C@@H](CO)NC(=O)OCC(C)C)CCCN1C(=N)N. The summed E-state index contributed by atoms with van der Waals surface area (Å²) in [4.78, 5) is 38.3. The first kappa shape index (κ1) is 26.4. The molecule has 4 atom stereocenters. The van der Waals surface area contributed by atoms with Crippen LogP contribution in [0.15, 0.2) is 0 Å². The number of nitrogens with zero attached hydrogens (tertiary/aromatic N) is 1. The molecule has 12 heteroatoms. The first-order valence-electron chi connectivity index (χ1n) is 10.5. The van der Waals surface area contributed by atoms with Gasteiger partial charge in [0.15, 0.2) is 12.2 Å². The maximum absolute atomic E-state index is 12.6. The highest BCUT2D eigenvalue weighted by Crippen LogP contribution is 2.18. The number of hydrogen-bond donors (Lipinski definition) is 6. The summed E-state index contributed by atoms with van der Waals surface area (Å²) in [5, 5.41) is 24.7. The molecule has 0 aromatic rings. The smallest absolute Gasteiger partial charge is 0.407 e. The third-order valence-electron chi connectivity index (χ3n) is 4.63. The number of likely N-dealkylation sites (tertiary alicyclic amines) is 1. The van der Waals surface area contributed by atoms with E-state index in [0.29, 0.717) is 26.0 Å². The summed E-state index contributed by atoms with van der Waals surface area (Å²) in [7, 11) is 0. The predicted molar refractivity (Wildman–Crippen MR) is 113 cm³/mol. The molecule has 7 N–H and O–H groups in total. The lowest BCUT2D eigenvalue weighted by atomic mass is 10.0. The number of aliphatic hydroxyl groups is 1. The van der Waals surface area contributed by atoms with E-state index in [2.05, 4.69) is 16.0 Å². The van der Waals surface area contributed by atoms with Crippen molar-refractivity contribution >= 4 is 23.9 Å². The summed E-state index contributed by atoms with van der Waals surface area (Å²) < 4.78 is 10.6. The maximum Gasteiger partial charge on any atom is 0.407 e. The van der Waals surface area contributed by atoms with Gasteiger partial charge in [-0.2, -0.15) is 0 Å². The summed E-state index contributed by atoms with van der Waals surface area (Å²) in [6, 6.07) is -2.61. The first-order chi connectivity index (χ1) is 14.6. The Balaban J connectivity index is 2.65. The molecular formula is C19H36N6O6. The number of aliphatic hydroxyl groups excluding tert-OH is 1. The van der Waals surface area contributed by atoms with Crippen molar-refractivity contribution in [2.24, 2.45) is 11.7 Å². The minimum atomic E-state index is -1.26. The average Bonchev–Trinajstić information content (AvgIpc) is 2.71. The Morgan fingerprint density at radius 3 is 2.45 bits per heavy atom. The number of guanidine groups is 1. The summed E-state index contributed by atoms with van der Waals surface area (Å²) >= 11 is 0. The van der Waals surface area contributed by atoms with Crippen LogP contribution in [0.4, 0.5) is 4.79 Å². The fourth-order valence-electron chi connectivity index (χ4n) is 3.05. The molecule has 0 radical (unpaired) electrons. The van der Waals surface area contributed by atoms with Crippen LogP contribution in [0.1, 0.15) is 40.5 Å². The Morgan fingerprint density at radius 2 is 1.90 bits per heavy atom. The van der Waals surface area contributed by atoms with Crippen molar-refractivity contribution in [2.45, 2.75) is 64.9 Å². The fourth-order valence-corrected chi connectivity index (χ4v) is 3.05. The second-order valence-electron chi connectivity index (χ2n) is 7.78. The molecule has 3 amide bonds. The van der Waals surface area contributed by atoms with Crippen LogP contribution < -0.4 is 21.7 Å². The second-order valence-corrected chi connectivity index (χ2v) is 7.78. The number of nitrogens with one attached hydrogen (secondary N) is 4. The lowest BCUT2D eigenvalue weighted by Gasteiger charge is -2.41. The van der Waals surface area contributed by atoms with E-state index in [1.54, 1.807) is 4.90 Å². The molecule has 1 rings (SSSR count). The van der Waals surface area contributed by atoms with Gasteiger partial charge in [-0.1, -0.05) is 13.8 Å². The molecule has 2 unspecified atom stereocenters. The van der Waals surface area contributed by atoms with E-state index >= 15 is 0 Å². The number of rotatable bonds is 10. The third kappa shape index (κ3) is 8.58. The molecule has 1 aliphatic heterocycles. The zero-order chi connectivity index (χ0) is 23.6. The molecule has 1 fully saturated rings. The van der Waals surface area contributed by atoms with Crippen LogP contribution in [0.3, 0.4) is 0 Å². The summed E-state index contributed by atoms with van der Waals surface area (Å²) in [6.07, 6.45) is -0.0653. The van der Waals surface area contributed by atoms with Gasteiger partial charge in [-0.25, -0.2) is 4.79 Å². The van der Waals surface area contributed by atoms with E-state index in [9.17, 15) is 19.5 Å². The van der Waals surface area contributed by atoms with Gasteiger partial charge < -0.3 is 41.2 Å². The van der Waals surface area contributed by atoms with E-state index in [-0.39, 0.29) is 18.5 Å². The number of hydrogen-bond acceptors (Lipinski definition) is 7. The van der Waals surface area contributed by atoms with Crippen LogP contribution in [0.25, 0.3) is 0 Å². The highest BCUT2D eigenvalue weighted by Gasteiger charge is 2.35. The van der Waals surface area contributed by atoms with E-state index < -0.39 is 48.9 Å². The predicted octanol–water partition coefficient (Wildman–Crippen LogP) is -0.929. The van der Waals surface area contributed by atoms with Gasteiger partial charge in [-0.15, -0.1) is 0 Å². The molecule has 0 aliphatic carbocycles. The molecule has 12 nitrogen and oxygen atoms in total. The number of amides is 3. The Kier molecular flexibility index (Phi) is 11.0. The third-order valence-corrected chi connectivity index (χ3v) is 4.63. The fraction of sp³-hybridized carbons (Fsp3) is 0.789. The molecule has 1 aliphatic rings. The zero-order valence-electron chi connectivity index (χ0n) is 18.6. The van der Waals surface area contributed by atoms with Crippen molar-refractivity contribution in [3.63, 3.8) is 0 Å². The lowest BCUT2D eigenvalue weighted by Crippen LogP contribution is -2.62. The second kappa shape index (κ2) is 13.0. The van der Waals surface area contributed by atoms with Crippen molar-refractivity contribution in [3.8, 4) is 0 Å². The van der Waals surface area contributed by atoms with E-state index in [1.807, 2.05) is 20.8 Å². The average molecular weight is 445 g/mol. The molecule has 0 aromatic carbocycles. The summed E-state index contributed by atoms with van der Waals surface area (Å²) in [6.45, 7) is 7.47. The van der Waals surface area contributed by atoms with Gasteiger partial charge in [0.25, 0.3) is 0 Å². The largest absolute Gasteiger partial charge is 0.449 e. The van der Waals surface area contributed by atoms with Crippen LogP contribution in [0.5, 0.6) is 0 Å². The zero-order valence-corrected chi connectivity index (χ0v) is 18.6. The van der Waals surface area contributed by atoms with Gasteiger partial charge in [0.1, 0.15) is 12.1 Å². The number of alkyl carbamates (subject to hydrolysis) is 1. The van der Waals surface area contributed by atoms with Gasteiger partial charge in [-0.05, 0) is 32.6 Å². The van der Waals surface area contributed by atoms with Crippen LogP contribution in [-0.4, -0.2) is 84.6 Å². The van der Waals surface area contributed by atoms with Gasteiger partial charge in [0, 0.05) is 13.2 Å². The highest BCUT2D eigenvalue weighted by atomic mass is 16.5. The number of ether oxygens (including phenoxy) is 2. The molecule has 178 valence electrons. The van der Waals surface area contributed by atoms with Gasteiger partial charge in [-0.3, -0.25) is 15.0 Å².